The maximum atomic E-state index is 3.38. The fraction of sp³-hybridized carbons (Fsp3) is 0.647. The number of benzene rings is 1. The lowest BCUT2D eigenvalue weighted by Gasteiger charge is -2.39. The summed E-state index contributed by atoms with van der Waals surface area (Å²) in [5.74, 6) is 0.850. The van der Waals surface area contributed by atoms with Crippen molar-refractivity contribution in [3.63, 3.8) is 0 Å². The molecule has 2 rings (SSSR count). The summed E-state index contributed by atoms with van der Waals surface area (Å²) in [4.78, 5) is 2.65. The number of likely N-dealkylation sites (tertiary alicyclic amines) is 1. The van der Waals surface area contributed by atoms with Crippen LogP contribution in [0.5, 0.6) is 0 Å². The highest BCUT2D eigenvalue weighted by molar-refractivity contribution is 5.25. The number of likely N-dealkylation sites (N-methyl/N-ethyl adjacent to an activating group) is 1. The van der Waals surface area contributed by atoms with E-state index in [1.165, 1.54) is 31.5 Å². The molecule has 2 nitrogen and oxygen atoms in total. The number of piperidine rings is 1. The minimum absolute atomic E-state index is 0.201. The van der Waals surface area contributed by atoms with Crippen LogP contribution in [0.1, 0.15) is 32.3 Å². The van der Waals surface area contributed by atoms with Crippen molar-refractivity contribution in [3.05, 3.63) is 35.9 Å². The summed E-state index contributed by atoms with van der Waals surface area (Å²) in [6.07, 6.45) is 2.75. The van der Waals surface area contributed by atoms with Gasteiger partial charge in [0.25, 0.3) is 0 Å². The molecule has 1 saturated heterocycles. The van der Waals surface area contributed by atoms with Crippen molar-refractivity contribution in [1.82, 2.24) is 10.2 Å². The molecule has 0 saturated carbocycles. The Morgan fingerprint density at radius 2 is 2.05 bits per heavy atom. The zero-order valence-corrected chi connectivity index (χ0v) is 12.7. The highest BCUT2D eigenvalue weighted by atomic mass is 15.1. The summed E-state index contributed by atoms with van der Waals surface area (Å²) in [7, 11) is 2.06. The van der Waals surface area contributed by atoms with Gasteiger partial charge in [0.15, 0.2) is 0 Å². The van der Waals surface area contributed by atoms with Gasteiger partial charge in [-0.25, -0.2) is 0 Å². The van der Waals surface area contributed by atoms with E-state index < -0.39 is 0 Å². The van der Waals surface area contributed by atoms with Crippen molar-refractivity contribution in [2.24, 2.45) is 5.92 Å². The van der Waals surface area contributed by atoms with Gasteiger partial charge in [-0.15, -0.1) is 0 Å². The molecule has 0 bridgehead atoms. The van der Waals surface area contributed by atoms with Crippen LogP contribution in [-0.2, 0) is 5.41 Å². The van der Waals surface area contributed by atoms with Gasteiger partial charge in [-0.1, -0.05) is 44.2 Å². The molecule has 0 amide bonds. The Morgan fingerprint density at radius 3 is 2.68 bits per heavy atom. The summed E-state index contributed by atoms with van der Waals surface area (Å²) < 4.78 is 0. The maximum Gasteiger partial charge on any atom is 0.0176 e. The molecule has 1 aliphatic heterocycles. The summed E-state index contributed by atoms with van der Waals surface area (Å²) in [5, 5.41) is 3.38. The van der Waals surface area contributed by atoms with Gasteiger partial charge in [0, 0.05) is 25.0 Å². The fourth-order valence-corrected chi connectivity index (χ4v) is 3.40. The first-order valence-electron chi connectivity index (χ1n) is 7.56. The molecule has 0 aromatic heterocycles. The van der Waals surface area contributed by atoms with Crippen LogP contribution in [0.25, 0.3) is 0 Å². The summed E-state index contributed by atoms with van der Waals surface area (Å²) >= 11 is 0. The second-order valence-electron chi connectivity index (χ2n) is 6.44. The first kappa shape index (κ1) is 14.5. The fourth-order valence-electron chi connectivity index (χ4n) is 3.40. The summed E-state index contributed by atoms with van der Waals surface area (Å²) in [6, 6.07) is 11.0. The quantitative estimate of drug-likeness (QED) is 0.876. The van der Waals surface area contributed by atoms with Gasteiger partial charge in [0.1, 0.15) is 0 Å². The predicted molar refractivity (Wildman–Crippen MR) is 82.6 cm³/mol. The molecule has 1 aliphatic rings. The number of nitrogens with zero attached hydrogens (tertiary/aromatic N) is 1. The van der Waals surface area contributed by atoms with E-state index in [4.69, 9.17) is 0 Å². The lowest BCUT2D eigenvalue weighted by molar-refractivity contribution is 0.149. The molecule has 2 heteroatoms. The third-order valence-electron chi connectivity index (χ3n) is 4.35. The van der Waals surface area contributed by atoms with Crippen molar-refractivity contribution in [3.8, 4) is 0 Å². The van der Waals surface area contributed by atoms with Crippen molar-refractivity contribution in [2.75, 3.05) is 33.2 Å². The summed E-state index contributed by atoms with van der Waals surface area (Å²) in [6.45, 7) is 9.47. The number of hydrogen-bond acceptors (Lipinski definition) is 2. The zero-order valence-electron chi connectivity index (χ0n) is 12.7. The van der Waals surface area contributed by atoms with Crippen molar-refractivity contribution >= 4 is 0 Å². The Balaban J connectivity index is 2.10. The van der Waals surface area contributed by atoms with Crippen LogP contribution >= 0.6 is 0 Å². The molecule has 1 N–H and O–H groups in total. The van der Waals surface area contributed by atoms with Crippen LogP contribution in [0.2, 0.25) is 0 Å². The molecule has 0 radical (unpaired) electrons. The van der Waals surface area contributed by atoms with Gasteiger partial charge >= 0.3 is 0 Å². The van der Waals surface area contributed by atoms with Crippen LogP contribution in [0.4, 0.5) is 0 Å². The molecular weight excluding hydrogens is 232 g/mol. The number of rotatable bonds is 5. The molecule has 0 aliphatic carbocycles. The largest absolute Gasteiger partial charge is 0.319 e. The van der Waals surface area contributed by atoms with Gasteiger partial charge < -0.3 is 10.2 Å². The van der Waals surface area contributed by atoms with E-state index in [1.807, 2.05) is 0 Å². The second-order valence-corrected chi connectivity index (χ2v) is 6.44. The van der Waals surface area contributed by atoms with E-state index in [-0.39, 0.29) is 5.41 Å². The van der Waals surface area contributed by atoms with E-state index in [0.717, 1.165) is 19.0 Å². The van der Waals surface area contributed by atoms with Crippen LogP contribution < -0.4 is 5.32 Å². The molecule has 1 fully saturated rings. The van der Waals surface area contributed by atoms with Crippen LogP contribution in [0.15, 0.2) is 30.3 Å². The average molecular weight is 260 g/mol. The maximum absolute atomic E-state index is 3.38. The molecule has 1 heterocycles. The molecular formula is C17H28N2. The van der Waals surface area contributed by atoms with E-state index in [0.29, 0.717) is 0 Å². The first-order valence-corrected chi connectivity index (χ1v) is 7.56. The van der Waals surface area contributed by atoms with Crippen LogP contribution in [-0.4, -0.2) is 38.1 Å². The monoisotopic (exact) mass is 260 g/mol. The van der Waals surface area contributed by atoms with Gasteiger partial charge in [0.2, 0.25) is 0 Å². The Labute approximate surface area is 118 Å². The highest BCUT2D eigenvalue weighted by Crippen LogP contribution is 2.26. The second kappa shape index (κ2) is 6.53. The lowest BCUT2D eigenvalue weighted by Crippen LogP contribution is -2.47. The Bertz CT molecular complexity index is 376. The van der Waals surface area contributed by atoms with Crippen LogP contribution in [0, 0.1) is 5.92 Å². The van der Waals surface area contributed by atoms with Gasteiger partial charge in [-0.2, -0.15) is 0 Å². The number of nitrogens with one attached hydrogen (secondary N) is 1. The van der Waals surface area contributed by atoms with E-state index in [1.54, 1.807) is 0 Å². The van der Waals surface area contributed by atoms with E-state index in [2.05, 4.69) is 61.4 Å². The third kappa shape index (κ3) is 3.80. The van der Waals surface area contributed by atoms with E-state index in [9.17, 15) is 0 Å². The predicted octanol–water partition coefficient (Wildman–Crippen LogP) is 2.90. The highest BCUT2D eigenvalue weighted by Gasteiger charge is 2.30. The molecule has 0 spiro atoms. The normalized spacial score (nSPS) is 24.1. The van der Waals surface area contributed by atoms with Gasteiger partial charge in [-0.3, -0.25) is 0 Å². The third-order valence-corrected chi connectivity index (χ3v) is 4.35. The van der Waals surface area contributed by atoms with Crippen LogP contribution in [0.3, 0.4) is 0 Å². The molecule has 106 valence electrons. The Hall–Kier alpha value is -0.860. The minimum atomic E-state index is 0.201. The molecule has 2 atom stereocenters. The minimum Gasteiger partial charge on any atom is -0.319 e. The average Bonchev–Trinajstić information content (AvgIpc) is 2.40. The van der Waals surface area contributed by atoms with Crippen molar-refractivity contribution in [1.29, 1.82) is 0 Å². The SMILES string of the molecule is CNCC(C)(CN1CCCC(C)C1)c1ccccc1. The molecule has 2 unspecified atom stereocenters. The Kier molecular flexibility index (Phi) is 5.00. The Morgan fingerprint density at radius 1 is 1.32 bits per heavy atom. The molecule has 1 aromatic rings. The smallest absolute Gasteiger partial charge is 0.0176 e. The van der Waals surface area contributed by atoms with Gasteiger partial charge in [0.05, 0.1) is 0 Å². The van der Waals surface area contributed by atoms with Crippen molar-refractivity contribution < 1.29 is 0 Å². The molecule has 19 heavy (non-hydrogen) atoms. The lowest BCUT2D eigenvalue weighted by atomic mass is 9.81. The van der Waals surface area contributed by atoms with E-state index >= 15 is 0 Å². The first-order chi connectivity index (χ1) is 9.14. The van der Waals surface area contributed by atoms with Crippen molar-refractivity contribution in [2.45, 2.75) is 32.1 Å². The number of hydrogen-bond donors (Lipinski definition) is 1. The zero-order chi connectivity index (χ0) is 13.7. The topological polar surface area (TPSA) is 15.3 Å². The standard InChI is InChI=1S/C17H28N2/c1-15-8-7-11-19(12-15)14-17(2,13-18-3)16-9-5-4-6-10-16/h4-6,9-10,15,18H,7-8,11-14H2,1-3H3. The summed E-state index contributed by atoms with van der Waals surface area (Å²) in [5.41, 5.74) is 1.65. The molecule has 1 aromatic carbocycles. The van der Waals surface area contributed by atoms with Gasteiger partial charge in [-0.05, 0) is 37.9 Å².